The lowest BCUT2D eigenvalue weighted by atomic mass is 10.1. The predicted octanol–water partition coefficient (Wildman–Crippen LogP) is 4.91. The van der Waals surface area contributed by atoms with Crippen LogP contribution in [-0.2, 0) is 6.18 Å². The number of pyridine rings is 2. The molecule has 1 aliphatic heterocycles. The third kappa shape index (κ3) is 5.03. The largest absolute Gasteiger partial charge is 0.417 e. The van der Waals surface area contributed by atoms with Gasteiger partial charge in [-0.05, 0) is 31.7 Å². The van der Waals surface area contributed by atoms with Gasteiger partial charge in [-0.1, -0.05) is 6.07 Å². The van der Waals surface area contributed by atoms with Gasteiger partial charge in [-0.3, -0.25) is 0 Å². The molecule has 190 valence electrons. The molecule has 1 atom stereocenters. The van der Waals surface area contributed by atoms with Gasteiger partial charge in [0, 0.05) is 61.9 Å². The summed E-state index contributed by atoms with van der Waals surface area (Å²) in [5, 5.41) is 3.43. The topological polar surface area (TPSA) is 90.2 Å². The lowest BCUT2D eigenvalue weighted by molar-refractivity contribution is -0.137. The molecular weight excluding hydrogens is 483 g/mol. The minimum Gasteiger partial charge on any atom is -0.354 e. The first-order valence-corrected chi connectivity index (χ1v) is 11.7. The number of halogens is 3. The van der Waals surface area contributed by atoms with E-state index in [0.717, 1.165) is 49.8 Å². The van der Waals surface area contributed by atoms with E-state index >= 15 is 0 Å². The molecule has 5 heterocycles. The van der Waals surface area contributed by atoms with E-state index in [1.165, 1.54) is 12.4 Å². The van der Waals surface area contributed by atoms with Crippen molar-refractivity contribution in [1.29, 1.82) is 0 Å². The first kappa shape index (κ1) is 24.5. The van der Waals surface area contributed by atoms with Crippen LogP contribution in [0.1, 0.15) is 24.1 Å². The Morgan fingerprint density at radius 3 is 2.54 bits per heavy atom. The van der Waals surface area contributed by atoms with Crippen molar-refractivity contribution in [3.63, 3.8) is 0 Å². The summed E-state index contributed by atoms with van der Waals surface area (Å²) >= 11 is 0. The van der Waals surface area contributed by atoms with E-state index in [1.54, 1.807) is 0 Å². The van der Waals surface area contributed by atoms with Gasteiger partial charge in [0.25, 0.3) is 0 Å². The summed E-state index contributed by atoms with van der Waals surface area (Å²) in [7, 11) is 2.11. The highest BCUT2D eigenvalue weighted by Crippen LogP contribution is 2.37. The lowest BCUT2D eigenvalue weighted by Gasteiger charge is -2.33. The molecule has 0 radical (unpaired) electrons. The van der Waals surface area contributed by atoms with Crippen LogP contribution in [0.5, 0.6) is 0 Å². The van der Waals surface area contributed by atoms with Crippen molar-refractivity contribution in [1.82, 2.24) is 29.8 Å². The van der Waals surface area contributed by atoms with Crippen LogP contribution in [0.3, 0.4) is 0 Å². The molecular formula is C25H24F3N9. The van der Waals surface area contributed by atoms with Crippen LogP contribution < -0.4 is 10.2 Å². The van der Waals surface area contributed by atoms with Crippen molar-refractivity contribution in [3.8, 4) is 11.3 Å². The highest BCUT2D eigenvalue weighted by Gasteiger charge is 2.31. The van der Waals surface area contributed by atoms with Crippen molar-refractivity contribution in [3.05, 3.63) is 65.5 Å². The third-order valence-corrected chi connectivity index (χ3v) is 6.45. The number of nitrogens with one attached hydrogen (secondary N) is 2. The zero-order valence-electron chi connectivity index (χ0n) is 20.2. The van der Waals surface area contributed by atoms with E-state index in [2.05, 4.69) is 51.9 Å². The number of hydrogen-bond acceptors (Lipinski definition) is 7. The van der Waals surface area contributed by atoms with Gasteiger partial charge in [0.2, 0.25) is 11.6 Å². The first-order chi connectivity index (χ1) is 17.7. The standard InChI is InChI=1S/C25H24F3N9/c1-15(16-4-5-21(30-11-16)37-8-6-36(3)7-9-37)34-24-33-14-20(29-2)22(35-24)19-13-32-23-18(19)10-17(12-31-23)25(26,27)28/h4-5,10-15H,6-9H2,1,3H3,(H,31,32)(H,33,34,35)/t15-/m0/s1. The van der Waals surface area contributed by atoms with Crippen LogP contribution in [0.2, 0.25) is 0 Å². The van der Waals surface area contributed by atoms with Crippen molar-refractivity contribution in [2.45, 2.75) is 19.1 Å². The Hall–Kier alpha value is -4.24. The highest BCUT2D eigenvalue weighted by atomic mass is 19.4. The van der Waals surface area contributed by atoms with Gasteiger partial charge < -0.3 is 20.1 Å². The predicted molar refractivity (Wildman–Crippen MR) is 134 cm³/mol. The molecule has 0 aliphatic carbocycles. The number of anilines is 2. The molecule has 12 heteroatoms. The van der Waals surface area contributed by atoms with Gasteiger partial charge in [0.15, 0.2) is 0 Å². The number of likely N-dealkylation sites (N-methyl/N-ethyl adjacent to an activating group) is 1. The Balaban J connectivity index is 1.40. The number of aromatic nitrogens is 5. The fourth-order valence-corrected chi connectivity index (χ4v) is 4.23. The Morgan fingerprint density at radius 1 is 1.08 bits per heavy atom. The number of nitrogens with zero attached hydrogens (tertiary/aromatic N) is 7. The summed E-state index contributed by atoms with van der Waals surface area (Å²) in [6.07, 6.45) is 0.905. The zero-order chi connectivity index (χ0) is 26.2. The Kier molecular flexibility index (Phi) is 6.39. The number of piperazine rings is 1. The van der Waals surface area contributed by atoms with Crippen LogP contribution in [0.15, 0.2) is 43.0 Å². The van der Waals surface area contributed by atoms with Crippen LogP contribution in [0, 0.1) is 6.57 Å². The molecule has 0 unspecified atom stereocenters. The number of aromatic amines is 1. The highest BCUT2D eigenvalue weighted by molar-refractivity contribution is 5.96. The van der Waals surface area contributed by atoms with Gasteiger partial charge >= 0.3 is 6.18 Å². The molecule has 4 aromatic rings. The molecule has 0 amide bonds. The summed E-state index contributed by atoms with van der Waals surface area (Å²) in [5.41, 5.74) is 0.996. The van der Waals surface area contributed by atoms with Gasteiger partial charge in [0.05, 0.1) is 23.9 Å². The summed E-state index contributed by atoms with van der Waals surface area (Å²) in [6.45, 7) is 13.3. The molecule has 1 fully saturated rings. The zero-order valence-corrected chi connectivity index (χ0v) is 20.2. The molecule has 1 saturated heterocycles. The van der Waals surface area contributed by atoms with E-state index in [9.17, 15) is 13.2 Å². The van der Waals surface area contributed by atoms with E-state index in [4.69, 9.17) is 6.57 Å². The molecule has 37 heavy (non-hydrogen) atoms. The van der Waals surface area contributed by atoms with E-state index in [-0.39, 0.29) is 34.4 Å². The van der Waals surface area contributed by atoms with E-state index in [1.807, 2.05) is 25.3 Å². The summed E-state index contributed by atoms with van der Waals surface area (Å²) in [4.78, 5) is 28.1. The maximum Gasteiger partial charge on any atom is 0.417 e. The average molecular weight is 508 g/mol. The third-order valence-electron chi connectivity index (χ3n) is 6.45. The summed E-state index contributed by atoms with van der Waals surface area (Å²) in [5.74, 6) is 1.17. The Bertz CT molecular complexity index is 1450. The van der Waals surface area contributed by atoms with Crippen molar-refractivity contribution in [2.24, 2.45) is 0 Å². The molecule has 5 rings (SSSR count). The Morgan fingerprint density at radius 2 is 1.86 bits per heavy atom. The molecule has 0 bridgehead atoms. The SMILES string of the molecule is [C-]#[N+]c1cnc(N[C@@H](C)c2ccc(N3CCN(C)CC3)nc2)nc1-c1c[nH]c2ncc(C(F)(F)F)cc12. The van der Waals surface area contributed by atoms with Crippen LogP contribution in [0.4, 0.5) is 30.6 Å². The molecule has 4 aromatic heterocycles. The van der Waals surface area contributed by atoms with Crippen LogP contribution in [0.25, 0.3) is 27.1 Å². The maximum atomic E-state index is 13.3. The fraction of sp³-hybridized carbons (Fsp3) is 0.320. The quantitative estimate of drug-likeness (QED) is 0.371. The number of rotatable bonds is 5. The second-order valence-corrected chi connectivity index (χ2v) is 8.97. The molecule has 2 N–H and O–H groups in total. The number of alkyl halides is 3. The van der Waals surface area contributed by atoms with Crippen molar-refractivity contribution in [2.75, 3.05) is 43.4 Å². The lowest BCUT2D eigenvalue weighted by Crippen LogP contribution is -2.44. The molecule has 1 aliphatic rings. The number of hydrogen-bond donors (Lipinski definition) is 2. The normalized spacial score (nSPS) is 15.5. The molecule has 0 spiro atoms. The van der Waals surface area contributed by atoms with E-state index in [0.29, 0.717) is 5.56 Å². The summed E-state index contributed by atoms with van der Waals surface area (Å²) < 4.78 is 39.8. The van der Waals surface area contributed by atoms with E-state index < -0.39 is 11.7 Å². The molecule has 0 saturated carbocycles. The number of fused-ring (bicyclic) bond motifs is 1. The van der Waals surface area contributed by atoms with Crippen LogP contribution >= 0.6 is 0 Å². The average Bonchev–Trinajstić information content (AvgIpc) is 3.32. The molecule has 9 nitrogen and oxygen atoms in total. The minimum atomic E-state index is -4.54. The maximum absolute atomic E-state index is 13.3. The van der Waals surface area contributed by atoms with Gasteiger partial charge in [-0.15, -0.1) is 0 Å². The fourth-order valence-electron chi connectivity index (χ4n) is 4.23. The second kappa shape index (κ2) is 9.67. The monoisotopic (exact) mass is 507 g/mol. The van der Waals surface area contributed by atoms with Crippen molar-refractivity contribution < 1.29 is 13.2 Å². The first-order valence-electron chi connectivity index (χ1n) is 11.7. The molecule has 0 aromatic carbocycles. The van der Waals surface area contributed by atoms with Crippen molar-refractivity contribution >= 4 is 28.5 Å². The second-order valence-electron chi connectivity index (χ2n) is 8.97. The summed E-state index contributed by atoms with van der Waals surface area (Å²) in [6, 6.07) is 4.79. The van der Waals surface area contributed by atoms with Gasteiger partial charge in [0.1, 0.15) is 11.5 Å². The van der Waals surface area contributed by atoms with Gasteiger partial charge in [-0.25, -0.2) is 24.8 Å². The van der Waals surface area contributed by atoms with Crippen LogP contribution in [-0.4, -0.2) is 63.0 Å². The smallest absolute Gasteiger partial charge is 0.354 e. The minimum absolute atomic E-state index is 0.120. The van der Waals surface area contributed by atoms with Gasteiger partial charge in [-0.2, -0.15) is 13.2 Å². The Labute approximate surface area is 211 Å². The number of H-pyrrole nitrogens is 1.